The van der Waals surface area contributed by atoms with Gasteiger partial charge in [0.25, 0.3) is 5.91 Å². The van der Waals surface area contributed by atoms with Gasteiger partial charge in [0.1, 0.15) is 24.5 Å². The summed E-state index contributed by atoms with van der Waals surface area (Å²) in [6.07, 6.45) is 0.980. The van der Waals surface area contributed by atoms with E-state index in [9.17, 15) is 31.6 Å². The number of esters is 1. The summed E-state index contributed by atoms with van der Waals surface area (Å²) in [6, 6.07) is 4.62. The van der Waals surface area contributed by atoms with E-state index in [1.165, 1.54) is 12.1 Å². The number of nitrogens with zero attached hydrogens (tertiary/aromatic N) is 1. The topological polar surface area (TPSA) is 119 Å². The third-order valence-electron chi connectivity index (χ3n) is 3.88. The van der Waals surface area contributed by atoms with Gasteiger partial charge in [0, 0.05) is 17.8 Å². The first-order chi connectivity index (χ1) is 14.0. The Bertz CT molecular complexity index is 1060. The summed E-state index contributed by atoms with van der Waals surface area (Å²) in [4.78, 5) is 38.9. The van der Waals surface area contributed by atoms with Crippen molar-refractivity contribution in [1.29, 1.82) is 0 Å². The first-order valence-corrected chi connectivity index (χ1v) is 10.2. The Morgan fingerprint density at radius 3 is 2.43 bits per heavy atom. The maximum atomic E-state index is 13.9. The normalized spacial score (nSPS) is 12.3. The van der Waals surface area contributed by atoms with E-state index in [4.69, 9.17) is 4.74 Å². The number of hydrogen-bond acceptors (Lipinski definition) is 7. The van der Waals surface area contributed by atoms with Crippen LogP contribution >= 0.6 is 0 Å². The molecule has 0 bridgehead atoms. The average Bonchev–Trinajstić information content (AvgIpc) is 2.68. The molecule has 1 heterocycles. The number of amides is 1. The number of aromatic nitrogens is 1. The molecule has 160 valence electrons. The number of benzene rings is 1. The van der Waals surface area contributed by atoms with Gasteiger partial charge < -0.3 is 9.53 Å². The molecule has 0 radical (unpaired) electrons. The Morgan fingerprint density at radius 2 is 1.90 bits per heavy atom. The molecule has 0 saturated heterocycles. The number of nitrogens with one attached hydrogen (secondary N) is 1. The van der Waals surface area contributed by atoms with Crippen LogP contribution in [0.3, 0.4) is 0 Å². The minimum absolute atomic E-state index is 0.0731. The SMILES string of the molecule is CC(C)C(=O)OCc1ccc(C(=O)NS(=O)(=O)C(C=O)c2ccc(F)cc2F)cn1. The van der Waals surface area contributed by atoms with E-state index < -0.39 is 44.3 Å². The minimum Gasteiger partial charge on any atom is -0.459 e. The largest absolute Gasteiger partial charge is 0.459 e. The van der Waals surface area contributed by atoms with E-state index in [0.29, 0.717) is 11.8 Å². The van der Waals surface area contributed by atoms with Crippen molar-refractivity contribution >= 4 is 28.2 Å². The van der Waals surface area contributed by atoms with E-state index in [1.807, 2.05) is 0 Å². The summed E-state index contributed by atoms with van der Waals surface area (Å²) in [5, 5.41) is -2.07. The Balaban J connectivity index is 2.13. The van der Waals surface area contributed by atoms with Gasteiger partial charge in [-0.3, -0.25) is 14.6 Å². The monoisotopic (exact) mass is 440 g/mol. The second-order valence-corrected chi connectivity index (χ2v) is 8.30. The van der Waals surface area contributed by atoms with Crippen LogP contribution in [0.5, 0.6) is 0 Å². The van der Waals surface area contributed by atoms with Crippen molar-refractivity contribution in [3.8, 4) is 0 Å². The van der Waals surface area contributed by atoms with E-state index in [-0.39, 0.29) is 24.4 Å². The van der Waals surface area contributed by atoms with E-state index in [1.54, 1.807) is 18.6 Å². The van der Waals surface area contributed by atoms with Crippen LogP contribution in [0.25, 0.3) is 0 Å². The van der Waals surface area contributed by atoms with Crippen molar-refractivity contribution in [2.24, 2.45) is 5.92 Å². The molecule has 1 aromatic heterocycles. The number of rotatable bonds is 8. The molecule has 1 aromatic carbocycles. The van der Waals surface area contributed by atoms with Gasteiger partial charge in [0.05, 0.1) is 17.2 Å². The molecule has 1 amide bonds. The summed E-state index contributed by atoms with van der Waals surface area (Å²) in [6.45, 7) is 3.19. The number of sulfonamides is 1. The zero-order chi connectivity index (χ0) is 22.5. The minimum atomic E-state index is -4.68. The molecule has 11 heteroatoms. The van der Waals surface area contributed by atoms with Crippen molar-refractivity contribution in [3.63, 3.8) is 0 Å². The molecule has 1 N–H and O–H groups in total. The molecule has 2 aromatic rings. The third kappa shape index (κ3) is 5.66. The van der Waals surface area contributed by atoms with Gasteiger partial charge in [-0.05, 0) is 18.2 Å². The van der Waals surface area contributed by atoms with Crippen molar-refractivity contribution in [1.82, 2.24) is 9.71 Å². The van der Waals surface area contributed by atoms with Gasteiger partial charge in [-0.25, -0.2) is 21.9 Å². The Labute approximate surface area is 171 Å². The summed E-state index contributed by atoms with van der Waals surface area (Å²) in [7, 11) is -4.68. The lowest BCUT2D eigenvalue weighted by molar-refractivity contribution is -0.148. The van der Waals surface area contributed by atoms with Crippen molar-refractivity contribution < 1.29 is 36.3 Å². The molecule has 0 aliphatic heterocycles. The summed E-state index contributed by atoms with van der Waals surface area (Å²) >= 11 is 0. The maximum absolute atomic E-state index is 13.9. The molecule has 1 atom stereocenters. The average molecular weight is 440 g/mol. The van der Waals surface area contributed by atoms with Gasteiger partial charge in [-0.2, -0.15) is 0 Å². The third-order valence-corrected chi connectivity index (χ3v) is 5.39. The lowest BCUT2D eigenvalue weighted by Crippen LogP contribution is -2.35. The highest BCUT2D eigenvalue weighted by Gasteiger charge is 2.31. The molecular formula is C19H18F2N2O6S. The first-order valence-electron chi connectivity index (χ1n) is 8.63. The lowest BCUT2D eigenvalue weighted by Gasteiger charge is -2.14. The first kappa shape index (κ1) is 23.1. The number of carbonyl (C=O) groups excluding carboxylic acids is 3. The molecule has 0 aliphatic carbocycles. The van der Waals surface area contributed by atoms with Crippen molar-refractivity contribution in [2.45, 2.75) is 25.7 Å². The van der Waals surface area contributed by atoms with Crippen LogP contribution in [-0.4, -0.2) is 31.6 Å². The number of halogens is 2. The van der Waals surface area contributed by atoms with Crippen LogP contribution < -0.4 is 4.72 Å². The standard InChI is InChI=1S/C19H18F2N2O6S/c1-11(2)19(26)29-10-14-5-3-12(8-22-14)18(25)23-30(27,28)17(9-24)15-6-4-13(20)7-16(15)21/h3-9,11,17H,10H2,1-2H3,(H,23,25). The Morgan fingerprint density at radius 1 is 1.20 bits per heavy atom. The fourth-order valence-corrected chi connectivity index (χ4v) is 3.43. The van der Waals surface area contributed by atoms with Crippen LogP contribution in [0.15, 0.2) is 36.5 Å². The molecule has 2 rings (SSSR count). The molecule has 0 fully saturated rings. The fourth-order valence-electron chi connectivity index (χ4n) is 2.25. The van der Waals surface area contributed by atoms with Crippen LogP contribution in [0.1, 0.15) is 40.7 Å². The van der Waals surface area contributed by atoms with E-state index >= 15 is 0 Å². The highest BCUT2D eigenvalue weighted by Crippen LogP contribution is 2.23. The zero-order valence-electron chi connectivity index (χ0n) is 16.0. The summed E-state index contributed by atoms with van der Waals surface area (Å²) in [5.41, 5.74) is -0.448. The predicted octanol–water partition coefficient (Wildman–Crippen LogP) is 2.06. The van der Waals surface area contributed by atoms with Crippen LogP contribution in [0, 0.1) is 17.6 Å². The number of hydrogen-bond donors (Lipinski definition) is 1. The Hall–Kier alpha value is -3.21. The second-order valence-electron chi connectivity index (χ2n) is 6.50. The fraction of sp³-hybridized carbons (Fsp3) is 0.263. The van der Waals surface area contributed by atoms with E-state index in [0.717, 1.165) is 18.3 Å². The highest BCUT2D eigenvalue weighted by atomic mass is 32.2. The lowest BCUT2D eigenvalue weighted by atomic mass is 10.1. The Kier molecular flexibility index (Phi) is 7.33. The van der Waals surface area contributed by atoms with Crippen LogP contribution in [0.4, 0.5) is 8.78 Å². The quantitative estimate of drug-likeness (QED) is 0.493. The van der Waals surface area contributed by atoms with Gasteiger partial charge >= 0.3 is 5.97 Å². The van der Waals surface area contributed by atoms with Gasteiger partial charge in [0.2, 0.25) is 10.0 Å². The molecule has 0 aliphatic rings. The number of carbonyl (C=O) groups is 3. The summed E-state index contributed by atoms with van der Waals surface area (Å²) in [5.74, 6) is -4.06. The predicted molar refractivity (Wildman–Crippen MR) is 100 cm³/mol. The smallest absolute Gasteiger partial charge is 0.308 e. The van der Waals surface area contributed by atoms with Gasteiger partial charge in [0.15, 0.2) is 5.25 Å². The van der Waals surface area contributed by atoms with Crippen LogP contribution in [-0.2, 0) is 31.0 Å². The highest BCUT2D eigenvalue weighted by molar-refractivity contribution is 7.91. The van der Waals surface area contributed by atoms with E-state index in [2.05, 4.69) is 4.98 Å². The van der Waals surface area contributed by atoms with Crippen LogP contribution in [0.2, 0.25) is 0 Å². The molecule has 0 saturated carbocycles. The number of ether oxygens (including phenoxy) is 1. The molecule has 1 unspecified atom stereocenters. The molecule has 8 nitrogen and oxygen atoms in total. The number of pyridine rings is 1. The van der Waals surface area contributed by atoms with Gasteiger partial charge in [-0.15, -0.1) is 0 Å². The molecule has 30 heavy (non-hydrogen) atoms. The van der Waals surface area contributed by atoms with Crippen molar-refractivity contribution in [3.05, 3.63) is 65.0 Å². The second kappa shape index (κ2) is 9.53. The zero-order valence-corrected chi connectivity index (χ0v) is 16.8. The van der Waals surface area contributed by atoms with Gasteiger partial charge in [-0.1, -0.05) is 19.9 Å². The van der Waals surface area contributed by atoms with Crippen molar-refractivity contribution in [2.75, 3.05) is 0 Å². The molecule has 0 spiro atoms. The maximum Gasteiger partial charge on any atom is 0.308 e. The number of aldehydes is 1. The summed E-state index contributed by atoms with van der Waals surface area (Å²) < 4.78 is 58.3. The molecular weight excluding hydrogens is 422 g/mol.